The topological polar surface area (TPSA) is 45.9 Å². The Morgan fingerprint density at radius 3 is 2.42 bits per heavy atom. The van der Waals surface area contributed by atoms with Gasteiger partial charge in [-0.1, -0.05) is 48.5 Å². The number of hydrogen-bond donors (Lipinski definition) is 0. The van der Waals surface area contributed by atoms with E-state index in [9.17, 15) is 9.18 Å². The summed E-state index contributed by atoms with van der Waals surface area (Å²) in [7, 11) is 1.66. The molecule has 3 rings (SSSR count). The van der Waals surface area contributed by atoms with Crippen molar-refractivity contribution in [2.75, 3.05) is 33.4 Å². The molecule has 3 aromatic rings. The number of nitrogens with zero attached hydrogens (tertiary/aromatic N) is 2. The average Bonchev–Trinajstić information content (AvgIpc) is 3.23. The first-order valence-electron chi connectivity index (χ1n) is 11.4. The molecule has 0 unspecified atom stereocenters. The molecule has 6 heteroatoms. The van der Waals surface area contributed by atoms with Crippen LogP contribution in [0.5, 0.6) is 0 Å². The molecule has 0 spiro atoms. The van der Waals surface area contributed by atoms with Gasteiger partial charge < -0.3 is 14.1 Å². The summed E-state index contributed by atoms with van der Waals surface area (Å²) >= 11 is 0. The number of amides is 1. The van der Waals surface area contributed by atoms with Gasteiger partial charge in [0.25, 0.3) is 0 Å². The number of rotatable bonds is 13. The van der Waals surface area contributed by atoms with Crippen molar-refractivity contribution < 1.29 is 18.3 Å². The summed E-state index contributed by atoms with van der Waals surface area (Å²) in [6.07, 6.45) is 1.52. The normalized spacial score (nSPS) is 11.2. The number of hydrogen-bond acceptors (Lipinski definition) is 4. The van der Waals surface area contributed by atoms with Crippen LogP contribution < -0.4 is 0 Å². The van der Waals surface area contributed by atoms with Crippen molar-refractivity contribution in [3.8, 4) is 0 Å². The lowest BCUT2D eigenvalue weighted by Gasteiger charge is -2.27. The zero-order chi connectivity index (χ0) is 23.5. The lowest BCUT2D eigenvalue weighted by atomic mass is 10.1. The van der Waals surface area contributed by atoms with E-state index in [1.165, 1.54) is 11.6 Å². The quantitative estimate of drug-likeness (QED) is 0.348. The molecule has 1 amide bonds. The van der Waals surface area contributed by atoms with E-state index in [2.05, 4.69) is 12.1 Å². The van der Waals surface area contributed by atoms with Crippen LogP contribution in [0.4, 0.5) is 4.39 Å². The highest BCUT2D eigenvalue weighted by Crippen LogP contribution is 2.14. The van der Waals surface area contributed by atoms with Gasteiger partial charge in [-0.05, 0) is 43.5 Å². The standard InChI is InChI=1S/C27H33FN2O3/c1-22-13-14-25(33-22)20-30(17-15-23-9-4-3-5-10-23)27(31)21-29(16-8-18-32-2)19-24-11-6-7-12-26(24)28/h3-7,9-14H,8,15-21H2,1-2H3. The predicted molar refractivity (Wildman–Crippen MR) is 127 cm³/mol. The highest BCUT2D eigenvalue weighted by atomic mass is 19.1. The van der Waals surface area contributed by atoms with Crippen LogP contribution in [-0.4, -0.2) is 49.1 Å². The van der Waals surface area contributed by atoms with Gasteiger partial charge in [-0.2, -0.15) is 0 Å². The first-order valence-corrected chi connectivity index (χ1v) is 11.4. The molecule has 0 atom stereocenters. The van der Waals surface area contributed by atoms with E-state index in [0.29, 0.717) is 38.3 Å². The van der Waals surface area contributed by atoms with Gasteiger partial charge in [0.1, 0.15) is 17.3 Å². The van der Waals surface area contributed by atoms with Crippen molar-refractivity contribution in [2.24, 2.45) is 0 Å². The molecule has 5 nitrogen and oxygen atoms in total. The molecule has 0 N–H and O–H groups in total. The van der Waals surface area contributed by atoms with Crippen LogP contribution in [0.15, 0.2) is 71.1 Å². The Bertz CT molecular complexity index is 990. The van der Waals surface area contributed by atoms with Crippen molar-refractivity contribution >= 4 is 5.91 Å². The number of benzene rings is 2. The zero-order valence-electron chi connectivity index (χ0n) is 19.5. The maximum Gasteiger partial charge on any atom is 0.237 e. The summed E-state index contributed by atoms with van der Waals surface area (Å²) in [6.45, 7) is 4.68. The monoisotopic (exact) mass is 452 g/mol. The highest BCUT2D eigenvalue weighted by Gasteiger charge is 2.20. The van der Waals surface area contributed by atoms with E-state index < -0.39 is 0 Å². The fourth-order valence-corrected chi connectivity index (χ4v) is 3.76. The van der Waals surface area contributed by atoms with Crippen molar-refractivity contribution in [3.63, 3.8) is 0 Å². The lowest BCUT2D eigenvalue weighted by molar-refractivity contribution is -0.133. The fourth-order valence-electron chi connectivity index (χ4n) is 3.76. The number of carbonyl (C=O) groups is 1. The Hall–Kier alpha value is -2.96. The van der Waals surface area contributed by atoms with Gasteiger partial charge in [0.15, 0.2) is 0 Å². The van der Waals surface area contributed by atoms with Gasteiger partial charge in [0.2, 0.25) is 5.91 Å². The van der Waals surface area contributed by atoms with Crippen LogP contribution in [0.25, 0.3) is 0 Å². The third-order valence-electron chi connectivity index (χ3n) is 5.54. The van der Waals surface area contributed by atoms with Crippen molar-refractivity contribution in [3.05, 3.63) is 95.2 Å². The van der Waals surface area contributed by atoms with E-state index in [-0.39, 0.29) is 18.3 Å². The minimum Gasteiger partial charge on any atom is -0.464 e. The van der Waals surface area contributed by atoms with Gasteiger partial charge >= 0.3 is 0 Å². The molecule has 0 fully saturated rings. The van der Waals surface area contributed by atoms with Crippen molar-refractivity contribution in [1.29, 1.82) is 0 Å². The molecule has 33 heavy (non-hydrogen) atoms. The van der Waals surface area contributed by atoms with Gasteiger partial charge in [0.05, 0.1) is 13.1 Å². The number of aryl methyl sites for hydroxylation is 1. The lowest BCUT2D eigenvalue weighted by Crippen LogP contribution is -2.41. The fraction of sp³-hybridized carbons (Fsp3) is 0.370. The van der Waals surface area contributed by atoms with Gasteiger partial charge in [-0.3, -0.25) is 9.69 Å². The minimum absolute atomic E-state index is 0.00580. The van der Waals surface area contributed by atoms with Gasteiger partial charge in [-0.15, -0.1) is 0 Å². The third kappa shape index (κ3) is 8.15. The van der Waals surface area contributed by atoms with Crippen LogP contribution in [0.3, 0.4) is 0 Å². The summed E-state index contributed by atoms with van der Waals surface area (Å²) in [5.41, 5.74) is 1.76. The Morgan fingerprint density at radius 2 is 1.73 bits per heavy atom. The van der Waals surface area contributed by atoms with E-state index in [4.69, 9.17) is 9.15 Å². The van der Waals surface area contributed by atoms with Gasteiger partial charge in [0, 0.05) is 38.9 Å². The minimum atomic E-state index is -0.256. The summed E-state index contributed by atoms with van der Waals surface area (Å²) < 4.78 is 25.2. The van der Waals surface area contributed by atoms with E-state index in [0.717, 1.165) is 24.4 Å². The Labute approximate surface area is 195 Å². The first-order chi connectivity index (χ1) is 16.0. The van der Waals surface area contributed by atoms with Crippen LogP contribution in [-0.2, 0) is 29.0 Å². The SMILES string of the molecule is COCCCN(CC(=O)N(CCc1ccccc1)Cc1ccc(C)o1)Cc1ccccc1F. The number of carbonyl (C=O) groups excluding carboxylic acids is 1. The van der Waals surface area contributed by atoms with E-state index in [1.54, 1.807) is 19.2 Å². The molecule has 0 radical (unpaired) electrons. The Morgan fingerprint density at radius 1 is 0.970 bits per heavy atom. The molecule has 0 bridgehead atoms. The summed E-state index contributed by atoms with van der Waals surface area (Å²) in [5, 5.41) is 0. The largest absolute Gasteiger partial charge is 0.464 e. The van der Waals surface area contributed by atoms with Crippen LogP contribution in [0, 0.1) is 12.7 Å². The van der Waals surface area contributed by atoms with Crippen LogP contribution in [0.1, 0.15) is 29.1 Å². The molecule has 0 aliphatic rings. The van der Waals surface area contributed by atoms with Crippen molar-refractivity contribution in [2.45, 2.75) is 32.9 Å². The van der Waals surface area contributed by atoms with Gasteiger partial charge in [-0.25, -0.2) is 4.39 Å². The van der Waals surface area contributed by atoms with Crippen LogP contribution >= 0.6 is 0 Å². The molecule has 1 heterocycles. The number of halogens is 1. The smallest absolute Gasteiger partial charge is 0.237 e. The van der Waals surface area contributed by atoms with E-state index in [1.807, 2.05) is 53.1 Å². The molecule has 0 saturated heterocycles. The van der Waals surface area contributed by atoms with Crippen molar-refractivity contribution in [1.82, 2.24) is 9.80 Å². The number of furan rings is 1. The number of ether oxygens (including phenoxy) is 1. The molecule has 0 saturated carbocycles. The maximum absolute atomic E-state index is 14.3. The van der Waals surface area contributed by atoms with Crippen LogP contribution in [0.2, 0.25) is 0 Å². The zero-order valence-corrected chi connectivity index (χ0v) is 19.5. The predicted octanol–water partition coefficient (Wildman–Crippen LogP) is 4.84. The molecule has 176 valence electrons. The summed E-state index contributed by atoms with van der Waals surface area (Å²) in [6, 6.07) is 20.7. The molecule has 1 aromatic heterocycles. The second kappa shape index (κ2) is 12.9. The molecule has 0 aliphatic carbocycles. The molecule has 2 aromatic carbocycles. The maximum atomic E-state index is 14.3. The Balaban J connectivity index is 1.71. The number of methoxy groups -OCH3 is 1. The summed E-state index contributed by atoms with van der Waals surface area (Å²) in [5.74, 6) is 1.32. The second-order valence-corrected chi connectivity index (χ2v) is 8.21. The molecular formula is C27H33FN2O3. The summed E-state index contributed by atoms with van der Waals surface area (Å²) in [4.78, 5) is 17.2. The average molecular weight is 453 g/mol. The third-order valence-corrected chi connectivity index (χ3v) is 5.54. The first kappa shape index (κ1) is 24.7. The second-order valence-electron chi connectivity index (χ2n) is 8.21. The molecule has 0 aliphatic heterocycles. The molecular weight excluding hydrogens is 419 g/mol. The van der Waals surface area contributed by atoms with E-state index >= 15 is 0 Å². The highest BCUT2D eigenvalue weighted by molar-refractivity contribution is 5.78. The Kier molecular flexibility index (Phi) is 9.66.